The van der Waals surface area contributed by atoms with E-state index in [9.17, 15) is 0 Å². The maximum atomic E-state index is 5.85. The smallest absolute Gasteiger partial charge is 0.0721 e. The molecule has 0 aromatic heterocycles. The highest BCUT2D eigenvalue weighted by atomic mass is 35.5. The number of hydrogen-bond donors (Lipinski definition) is 1. The topological polar surface area (TPSA) is 21.3 Å². The van der Waals surface area contributed by atoms with Crippen LogP contribution < -0.4 is 5.32 Å². The molecule has 0 amide bonds. The number of nitrogens with one attached hydrogen (secondary N) is 1. The van der Waals surface area contributed by atoms with Crippen molar-refractivity contribution in [3.63, 3.8) is 0 Å². The van der Waals surface area contributed by atoms with Gasteiger partial charge in [-0.05, 0) is 36.9 Å². The molecule has 1 heterocycles. The van der Waals surface area contributed by atoms with Crippen LogP contribution in [0.1, 0.15) is 37.3 Å². The maximum absolute atomic E-state index is 5.85. The highest BCUT2D eigenvalue weighted by Gasteiger charge is 2.14. The molecule has 0 aliphatic carbocycles. The summed E-state index contributed by atoms with van der Waals surface area (Å²) in [6.45, 7) is 5.09. The van der Waals surface area contributed by atoms with Crippen LogP contribution in [-0.4, -0.2) is 19.2 Å². The highest BCUT2D eigenvalue weighted by Crippen LogP contribution is 2.11. The molecular weight excluding hydrogens is 246 g/mol. The Morgan fingerprint density at radius 3 is 2.56 bits per heavy atom. The quantitative estimate of drug-likeness (QED) is 0.855. The Balaban J connectivity index is 0.00000162. The van der Waals surface area contributed by atoms with Crippen molar-refractivity contribution in [1.29, 1.82) is 0 Å². The molecule has 1 aliphatic rings. The molecule has 1 N–H and O–H groups in total. The van der Waals surface area contributed by atoms with Crippen LogP contribution in [0.2, 0.25) is 0 Å². The van der Waals surface area contributed by atoms with Crippen LogP contribution in [0.15, 0.2) is 24.3 Å². The predicted molar refractivity (Wildman–Crippen MR) is 78.4 cm³/mol. The van der Waals surface area contributed by atoms with Gasteiger partial charge in [-0.1, -0.05) is 37.6 Å². The average molecular weight is 270 g/mol. The third-order valence-corrected chi connectivity index (χ3v) is 3.34. The van der Waals surface area contributed by atoms with Crippen molar-refractivity contribution in [1.82, 2.24) is 5.32 Å². The molecule has 18 heavy (non-hydrogen) atoms. The van der Waals surface area contributed by atoms with Gasteiger partial charge in [0.25, 0.3) is 0 Å². The molecule has 1 saturated heterocycles. The fraction of sp³-hybridized carbons (Fsp3) is 0.600. The Hall–Kier alpha value is -0.570. The number of aryl methyl sites for hydroxylation is 1. The van der Waals surface area contributed by atoms with E-state index < -0.39 is 0 Å². The summed E-state index contributed by atoms with van der Waals surface area (Å²) in [5.74, 6) is 0. The lowest BCUT2D eigenvalue weighted by Crippen LogP contribution is -2.16. The van der Waals surface area contributed by atoms with Gasteiger partial charge in [0.05, 0.1) is 12.7 Å². The Kier molecular flexibility index (Phi) is 7.33. The van der Waals surface area contributed by atoms with Gasteiger partial charge in [0.15, 0.2) is 0 Å². The fourth-order valence-electron chi connectivity index (χ4n) is 2.17. The first-order chi connectivity index (χ1) is 8.38. The third-order valence-electron chi connectivity index (χ3n) is 3.34. The van der Waals surface area contributed by atoms with E-state index in [0.717, 1.165) is 26.1 Å². The molecule has 0 spiro atoms. The van der Waals surface area contributed by atoms with Crippen LogP contribution in [-0.2, 0) is 17.8 Å². The van der Waals surface area contributed by atoms with E-state index in [2.05, 4.69) is 36.5 Å². The van der Waals surface area contributed by atoms with Crippen molar-refractivity contribution in [3.05, 3.63) is 35.4 Å². The maximum Gasteiger partial charge on any atom is 0.0721 e. The second kappa shape index (κ2) is 8.52. The van der Waals surface area contributed by atoms with Crippen LogP contribution in [0.3, 0.4) is 0 Å². The Morgan fingerprint density at radius 1 is 1.22 bits per heavy atom. The monoisotopic (exact) mass is 269 g/mol. The first-order valence-corrected chi connectivity index (χ1v) is 6.78. The number of halogens is 1. The second-order valence-electron chi connectivity index (χ2n) is 4.85. The standard InChI is InChI=1S/C15H23NO.ClH/c1-2-3-4-13-5-7-14(8-6-13)12-17-15-9-10-16-11-15;/h5-8,15-16H,2-4,9-12H2,1H3;1H/t15-;/m1./s1. The van der Waals surface area contributed by atoms with Crippen molar-refractivity contribution < 1.29 is 4.74 Å². The molecule has 1 aromatic rings. The van der Waals surface area contributed by atoms with Crippen molar-refractivity contribution in [2.45, 2.75) is 45.3 Å². The molecule has 2 rings (SSSR count). The number of rotatable bonds is 6. The number of ether oxygens (including phenoxy) is 1. The fourth-order valence-corrected chi connectivity index (χ4v) is 2.17. The first-order valence-electron chi connectivity index (χ1n) is 6.78. The van der Waals surface area contributed by atoms with Crippen molar-refractivity contribution >= 4 is 12.4 Å². The first kappa shape index (κ1) is 15.5. The molecule has 0 bridgehead atoms. The van der Waals surface area contributed by atoms with Gasteiger partial charge in [0.2, 0.25) is 0 Å². The van der Waals surface area contributed by atoms with E-state index in [1.807, 2.05) is 0 Å². The Morgan fingerprint density at radius 2 is 1.94 bits per heavy atom. The van der Waals surface area contributed by atoms with Gasteiger partial charge in [0.1, 0.15) is 0 Å². The molecular formula is C15H24ClNO. The molecule has 2 nitrogen and oxygen atoms in total. The zero-order valence-corrected chi connectivity index (χ0v) is 12.0. The van der Waals surface area contributed by atoms with E-state index >= 15 is 0 Å². The lowest BCUT2D eigenvalue weighted by atomic mass is 10.1. The molecule has 1 aromatic carbocycles. The van der Waals surface area contributed by atoms with Crippen LogP contribution in [0.5, 0.6) is 0 Å². The van der Waals surface area contributed by atoms with Gasteiger partial charge in [-0.3, -0.25) is 0 Å². The predicted octanol–water partition coefficient (Wildman–Crippen LogP) is 3.33. The third kappa shape index (κ3) is 4.97. The number of unbranched alkanes of at least 4 members (excludes halogenated alkanes) is 1. The summed E-state index contributed by atoms with van der Waals surface area (Å²) in [5.41, 5.74) is 2.73. The van der Waals surface area contributed by atoms with E-state index in [-0.39, 0.29) is 12.4 Å². The number of hydrogen-bond acceptors (Lipinski definition) is 2. The molecule has 1 aliphatic heterocycles. The summed E-state index contributed by atoms with van der Waals surface area (Å²) in [4.78, 5) is 0. The minimum atomic E-state index is 0. The van der Waals surface area contributed by atoms with Gasteiger partial charge in [-0.2, -0.15) is 0 Å². The highest BCUT2D eigenvalue weighted by molar-refractivity contribution is 5.85. The van der Waals surface area contributed by atoms with Crippen LogP contribution in [0, 0.1) is 0 Å². The van der Waals surface area contributed by atoms with E-state index in [1.165, 1.54) is 30.4 Å². The number of benzene rings is 1. The van der Waals surface area contributed by atoms with E-state index in [0.29, 0.717) is 6.10 Å². The van der Waals surface area contributed by atoms with Crippen LogP contribution >= 0.6 is 12.4 Å². The summed E-state index contributed by atoms with van der Waals surface area (Å²) >= 11 is 0. The minimum Gasteiger partial charge on any atom is -0.372 e. The molecule has 102 valence electrons. The van der Waals surface area contributed by atoms with Crippen molar-refractivity contribution in [3.8, 4) is 0 Å². The van der Waals surface area contributed by atoms with Crippen LogP contribution in [0.25, 0.3) is 0 Å². The SMILES string of the molecule is CCCCc1ccc(CO[C@@H]2CCNC2)cc1.Cl. The lowest BCUT2D eigenvalue weighted by molar-refractivity contribution is 0.0542. The average Bonchev–Trinajstić information content (AvgIpc) is 2.88. The van der Waals surface area contributed by atoms with E-state index in [1.54, 1.807) is 0 Å². The molecule has 0 unspecified atom stereocenters. The summed E-state index contributed by atoms with van der Waals surface area (Å²) < 4.78 is 5.85. The van der Waals surface area contributed by atoms with Crippen LogP contribution in [0.4, 0.5) is 0 Å². The molecule has 0 saturated carbocycles. The molecule has 1 atom stereocenters. The Labute approximate surface area is 117 Å². The molecule has 0 radical (unpaired) electrons. The molecule has 3 heteroatoms. The molecule has 1 fully saturated rings. The Bertz CT molecular complexity index is 320. The zero-order chi connectivity index (χ0) is 11.9. The van der Waals surface area contributed by atoms with Gasteiger partial charge < -0.3 is 10.1 Å². The van der Waals surface area contributed by atoms with Gasteiger partial charge in [-0.25, -0.2) is 0 Å². The summed E-state index contributed by atoms with van der Waals surface area (Å²) in [6.07, 6.45) is 5.30. The van der Waals surface area contributed by atoms with Crippen molar-refractivity contribution in [2.75, 3.05) is 13.1 Å². The summed E-state index contributed by atoms with van der Waals surface area (Å²) in [5, 5.41) is 3.32. The largest absolute Gasteiger partial charge is 0.372 e. The summed E-state index contributed by atoms with van der Waals surface area (Å²) in [6, 6.07) is 8.88. The summed E-state index contributed by atoms with van der Waals surface area (Å²) in [7, 11) is 0. The van der Waals surface area contributed by atoms with E-state index in [4.69, 9.17) is 4.74 Å². The minimum absolute atomic E-state index is 0. The lowest BCUT2D eigenvalue weighted by Gasteiger charge is -2.10. The second-order valence-corrected chi connectivity index (χ2v) is 4.85. The van der Waals surface area contributed by atoms with Gasteiger partial charge in [-0.15, -0.1) is 12.4 Å². The zero-order valence-electron chi connectivity index (χ0n) is 11.2. The normalized spacial score (nSPS) is 18.6. The van der Waals surface area contributed by atoms with Gasteiger partial charge >= 0.3 is 0 Å². The van der Waals surface area contributed by atoms with Crippen molar-refractivity contribution in [2.24, 2.45) is 0 Å². The van der Waals surface area contributed by atoms with Gasteiger partial charge in [0, 0.05) is 6.54 Å².